The van der Waals surface area contributed by atoms with Crippen molar-refractivity contribution < 1.29 is 8.42 Å². The molecule has 0 aliphatic rings. The van der Waals surface area contributed by atoms with Crippen LogP contribution in [0.1, 0.15) is 18.2 Å². The van der Waals surface area contributed by atoms with Gasteiger partial charge in [-0.05, 0) is 31.4 Å². The van der Waals surface area contributed by atoms with Gasteiger partial charge in [0.2, 0.25) is 10.0 Å². The van der Waals surface area contributed by atoms with Crippen LogP contribution in [-0.4, -0.2) is 19.2 Å². The minimum atomic E-state index is -3.23. The van der Waals surface area contributed by atoms with Gasteiger partial charge in [-0.2, -0.15) is 0 Å². The Labute approximate surface area is 117 Å². The van der Waals surface area contributed by atoms with Gasteiger partial charge in [-0.1, -0.05) is 24.3 Å². The molecule has 1 aromatic carbocycles. The van der Waals surface area contributed by atoms with Gasteiger partial charge in [0, 0.05) is 5.38 Å². The molecule has 4 nitrogen and oxygen atoms in total. The number of hydrogen-bond donors (Lipinski definition) is 1. The number of thiazole rings is 1. The summed E-state index contributed by atoms with van der Waals surface area (Å²) >= 11 is 1.32. The third kappa shape index (κ3) is 4.33. The van der Waals surface area contributed by atoms with Gasteiger partial charge in [-0.3, -0.25) is 4.72 Å². The fourth-order valence-corrected chi connectivity index (χ4v) is 3.15. The van der Waals surface area contributed by atoms with Crippen molar-refractivity contribution >= 4 is 26.5 Å². The normalized spacial score (nSPS) is 11.4. The van der Waals surface area contributed by atoms with Gasteiger partial charge >= 0.3 is 0 Å². The highest BCUT2D eigenvalue weighted by molar-refractivity contribution is 7.92. The second-order valence-corrected chi connectivity index (χ2v) is 6.93. The number of sulfonamides is 1. The van der Waals surface area contributed by atoms with Crippen LogP contribution in [0.15, 0.2) is 29.6 Å². The predicted molar refractivity (Wildman–Crippen MR) is 77.9 cm³/mol. The summed E-state index contributed by atoms with van der Waals surface area (Å²) in [5, 5.41) is 2.33. The Hall–Kier alpha value is -1.40. The van der Waals surface area contributed by atoms with E-state index in [4.69, 9.17) is 0 Å². The third-order valence-electron chi connectivity index (χ3n) is 2.62. The summed E-state index contributed by atoms with van der Waals surface area (Å²) in [6.45, 7) is 1.60. The second-order valence-electron chi connectivity index (χ2n) is 4.06. The first-order valence-electron chi connectivity index (χ1n) is 5.99. The maximum atomic E-state index is 11.4. The second kappa shape index (κ2) is 6.16. The van der Waals surface area contributed by atoms with Crippen molar-refractivity contribution in [3.63, 3.8) is 0 Å². The van der Waals surface area contributed by atoms with E-state index in [0.717, 1.165) is 18.5 Å². The number of rotatable bonds is 6. The average Bonchev–Trinajstić information content (AvgIpc) is 2.84. The number of benzene rings is 1. The maximum absolute atomic E-state index is 11.4. The summed E-state index contributed by atoms with van der Waals surface area (Å²) in [5.41, 5.74) is 2.11. The average molecular weight is 295 g/mol. The lowest BCUT2D eigenvalue weighted by Crippen LogP contribution is -2.14. The van der Waals surface area contributed by atoms with Crippen LogP contribution in [0.25, 0.3) is 0 Å². The van der Waals surface area contributed by atoms with Gasteiger partial charge in [0.05, 0.1) is 11.4 Å². The first-order chi connectivity index (χ1) is 9.09. The van der Waals surface area contributed by atoms with Crippen molar-refractivity contribution in [2.75, 3.05) is 10.5 Å². The molecule has 6 heteroatoms. The third-order valence-corrected chi connectivity index (χ3v) is 4.82. The zero-order chi connectivity index (χ0) is 13.7. The van der Waals surface area contributed by atoms with E-state index in [-0.39, 0.29) is 5.75 Å². The molecular formula is C13H15N2O2S2. The SMILES string of the molecule is CCS(=O)(=O)Nc1nc(CCc2c[c]ccc2)cs1. The van der Waals surface area contributed by atoms with E-state index in [1.165, 1.54) is 16.9 Å². The van der Waals surface area contributed by atoms with Gasteiger partial charge in [0.25, 0.3) is 0 Å². The molecule has 19 heavy (non-hydrogen) atoms. The molecule has 0 atom stereocenters. The van der Waals surface area contributed by atoms with Crippen LogP contribution in [0.2, 0.25) is 0 Å². The summed E-state index contributed by atoms with van der Waals surface area (Å²) in [7, 11) is -3.23. The Bertz CT molecular complexity index is 621. The molecule has 0 aliphatic carbocycles. The van der Waals surface area contributed by atoms with Gasteiger partial charge in [-0.25, -0.2) is 13.4 Å². The topological polar surface area (TPSA) is 59.1 Å². The van der Waals surface area contributed by atoms with E-state index in [0.29, 0.717) is 5.13 Å². The lowest BCUT2D eigenvalue weighted by Gasteiger charge is -2.00. The highest BCUT2D eigenvalue weighted by Gasteiger charge is 2.10. The standard InChI is InChI=1S/C13H15N2O2S2/c1-2-19(16,17)15-13-14-12(10-18-13)9-8-11-6-4-3-5-7-11/h3-4,6-7,10H,2,8-9H2,1H3,(H,14,15). The molecule has 101 valence electrons. The molecule has 1 N–H and O–H groups in total. The zero-order valence-electron chi connectivity index (χ0n) is 10.6. The van der Waals surface area contributed by atoms with Gasteiger partial charge in [0.15, 0.2) is 5.13 Å². The molecule has 0 unspecified atom stereocenters. The van der Waals surface area contributed by atoms with E-state index in [9.17, 15) is 8.42 Å². The highest BCUT2D eigenvalue weighted by Crippen LogP contribution is 2.18. The summed E-state index contributed by atoms with van der Waals surface area (Å²) in [5.74, 6) is 0.0573. The van der Waals surface area contributed by atoms with E-state index in [1.54, 1.807) is 6.92 Å². The van der Waals surface area contributed by atoms with Crippen molar-refractivity contribution in [2.24, 2.45) is 0 Å². The molecule has 0 bridgehead atoms. The summed E-state index contributed by atoms with van der Waals surface area (Å²) in [6.07, 6.45) is 1.67. The Balaban J connectivity index is 1.95. The molecule has 0 saturated heterocycles. The minimum Gasteiger partial charge on any atom is -0.259 e. The molecule has 0 amide bonds. The predicted octanol–water partition coefficient (Wildman–Crippen LogP) is 2.49. The van der Waals surface area contributed by atoms with Crippen molar-refractivity contribution in [1.29, 1.82) is 0 Å². The first-order valence-corrected chi connectivity index (χ1v) is 8.52. The summed E-state index contributed by atoms with van der Waals surface area (Å²) in [6, 6.07) is 10.8. The van der Waals surface area contributed by atoms with Crippen LogP contribution < -0.4 is 4.72 Å². The monoisotopic (exact) mass is 295 g/mol. The van der Waals surface area contributed by atoms with Crippen molar-refractivity contribution in [2.45, 2.75) is 19.8 Å². The van der Waals surface area contributed by atoms with E-state index in [2.05, 4.69) is 15.8 Å². The number of nitrogens with zero attached hydrogens (tertiary/aromatic N) is 1. The minimum absolute atomic E-state index is 0.0573. The van der Waals surface area contributed by atoms with Crippen LogP contribution >= 0.6 is 11.3 Å². The van der Waals surface area contributed by atoms with Crippen molar-refractivity contribution in [3.05, 3.63) is 47.0 Å². The Kier molecular flexibility index (Phi) is 4.55. The number of nitrogens with one attached hydrogen (secondary N) is 1. The number of aromatic nitrogens is 1. The Morgan fingerprint density at radius 2 is 2.26 bits per heavy atom. The van der Waals surface area contributed by atoms with E-state index < -0.39 is 10.0 Å². The van der Waals surface area contributed by atoms with Crippen LogP contribution in [0, 0.1) is 6.07 Å². The molecule has 1 radical (unpaired) electrons. The summed E-state index contributed by atoms with van der Waals surface area (Å²) in [4.78, 5) is 4.28. The number of aryl methyl sites for hydroxylation is 2. The van der Waals surface area contributed by atoms with Gasteiger partial charge in [-0.15, -0.1) is 11.3 Å². The van der Waals surface area contributed by atoms with Gasteiger partial charge in [0.1, 0.15) is 0 Å². The molecule has 2 rings (SSSR count). The van der Waals surface area contributed by atoms with Crippen LogP contribution in [0.5, 0.6) is 0 Å². The smallest absolute Gasteiger partial charge is 0.234 e. The maximum Gasteiger partial charge on any atom is 0.234 e. The largest absolute Gasteiger partial charge is 0.259 e. The Morgan fingerprint density at radius 1 is 1.42 bits per heavy atom. The highest BCUT2D eigenvalue weighted by atomic mass is 32.2. The lowest BCUT2D eigenvalue weighted by atomic mass is 10.1. The van der Waals surface area contributed by atoms with Crippen LogP contribution in [-0.2, 0) is 22.9 Å². The molecule has 0 aliphatic heterocycles. The molecular weight excluding hydrogens is 280 g/mol. The zero-order valence-corrected chi connectivity index (χ0v) is 12.2. The van der Waals surface area contributed by atoms with Crippen molar-refractivity contribution in [1.82, 2.24) is 4.98 Å². The van der Waals surface area contributed by atoms with E-state index in [1.807, 2.05) is 29.6 Å². The first kappa shape index (κ1) is 14.0. The fourth-order valence-electron chi connectivity index (χ4n) is 1.53. The molecule has 0 fully saturated rings. The quantitative estimate of drug-likeness (QED) is 0.890. The fraction of sp³-hybridized carbons (Fsp3) is 0.308. The van der Waals surface area contributed by atoms with E-state index >= 15 is 0 Å². The molecule has 0 spiro atoms. The lowest BCUT2D eigenvalue weighted by molar-refractivity contribution is 0.602. The van der Waals surface area contributed by atoms with Crippen LogP contribution in [0.3, 0.4) is 0 Å². The molecule has 1 aromatic heterocycles. The molecule has 2 aromatic rings. The number of hydrogen-bond acceptors (Lipinski definition) is 4. The molecule has 0 saturated carbocycles. The summed E-state index contributed by atoms with van der Waals surface area (Å²) < 4.78 is 25.3. The van der Waals surface area contributed by atoms with Crippen molar-refractivity contribution in [3.8, 4) is 0 Å². The number of anilines is 1. The molecule has 1 heterocycles. The Morgan fingerprint density at radius 3 is 2.95 bits per heavy atom. The van der Waals surface area contributed by atoms with Gasteiger partial charge < -0.3 is 0 Å². The van der Waals surface area contributed by atoms with Crippen LogP contribution in [0.4, 0.5) is 5.13 Å².